The van der Waals surface area contributed by atoms with E-state index in [1.54, 1.807) is 0 Å². The van der Waals surface area contributed by atoms with Crippen LogP contribution in [-0.4, -0.2) is 33.6 Å². The van der Waals surface area contributed by atoms with Crippen molar-refractivity contribution in [2.45, 2.75) is 78.2 Å². The van der Waals surface area contributed by atoms with E-state index in [2.05, 4.69) is 65.1 Å². The smallest absolute Gasteiger partial charge is 0.163 e. The zero-order valence-electron chi connectivity index (χ0n) is 20.8. The van der Waals surface area contributed by atoms with E-state index in [1.165, 1.54) is 77.3 Å². The molecular weight excluding hydrogens is 438 g/mol. The molecule has 1 unspecified atom stereocenters. The van der Waals surface area contributed by atoms with Gasteiger partial charge in [0.15, 0.2) is 5.82 Å². The lowest BCUT2D eigenvalue weighted by atomic mass is 9.68. The first-order chi connectivity index (χ1) is 16.5. The Morgan fingerprint density at radius 3 is 2.50 bits per heavy atom. The quantitative estimate of drug-likeness (QED) is 0.493. The van der Waals surface area contributed by atoms with Gasteiger partial charge in [0, 0.05) is 22.5 Å². The molecule has 2 aliphatic heterocycles. The molecule has 2 fully saturated rings. The van der Waals surface area contributed by atoms with Crippen LogP contribution in [0.5, 0.6) is 0 Å². The highest BCUT2D eigenvalue weighted by Crippen LogP contribution is 2.46. The van der Waals surface area contributed by atoms with Gasteiger partial charge >= 0.3 is 0 Å². The number of nitrogens with one attached hydrogen (secondary N) is 1. The van der Waals surface area contributed by atoms with Crippen LogP contribution in [0.15, 0.2) is 29.3 Å². The first kappa shape index (κ1) is 22.2. The van der Waals surface area contributed by atoms with E-state index in [0.717, 1.165) is 23.8 Å². The molecule has 4 heterocycles. The van der Waals surface area contributed by atoms with Crippen LogP contribution in [0, 0.1) is 26.2 Å². The number of thiophene rings is 1. The van der Waals surface area contributed by atoms with Gasteiger partial charge in [0.25, 0.3) is 0 Å². The molecule has 1 N–H and O–H groups in total. The van der Waals surface area contributed by atoms with Gasteiger partial charge in [0.1, 0.15) is 16.9 Å². The van der Waals surface area contributed by atoms with E-state index in [1.807, 2.05) is 18.3 Å². The van der Waals surface area contributed by atoms with E-state index in [0.29, 0.717) is 11.3 Å². The van der Waals surface area contributed by atoms with Gasteiger partial charge in [-0.05, 0) is 88.3 Å². The SMILES string of the molecule is CCC1N=C(c2ccc(C3CCC4(CCNC4)CC3)cc2)c2c(sc(C)c2C)-n2c(C)nnc21. The van der Waals surface area contributed by atoms with Crippen molar-refractivity contribution in [1.29, 1.82) is 0 Å². The minimum Gasteiger partial charge on any atom is -0.316 e. The predicted molar refractivity (Wildman–Crippen MR) is 140 cm³/mol. The summed E-state index contributed by atoms with van der Waals surface area (Å²) in [5.74, 6) is 2.60. The molecule has 6 heteroatoms. The summed E-state index contributed by atoms with van der Waals surface area (Å²) >= 11 is 1.83. The molecule has 1 aliphatic carbocycles. The summed E-state index contributed by atoms with van der Waals surface area (Å²) in [5, 5.41) is 13.8. The van der Waals surface area contributed by atoms with Gasteiger partial charge in [-0.2, -0.15) is 0 Å². The predicted octanol–water partition coefficient (Wildman–Crippen LogP) is 6.19. The number of aromatic nitrogens is 3. The number of fused-ring (bicyclic) bond motifs is 3. The number of hydrogen-bond acceptors (Lipinski definition) is 5. The van der Waals surface area contributed by atoms with Crippen LogP contribution in [0.2, 0.25) is 0 Å². The van der Waals surface area contributed by atoms with Crippen molar-refractivity contribution in [3.63, 3.8) is 0 Å². The lowest BCUT2D eigenvalue weighted by Crippen LogP contribution is -2.29. The molecule has 1 saturated carbocycles. The average molecular weight is 474 g/mol. The number of aliphatic imine (C=N–C) groups is 1. The zero-order valence-corrected chi connectivity index (χ0v) is 21.6. The van der Waals surface area contributed by atoms with Crippen molar-refractivity contribution in [3.8, 4) is 5.00 Å². The van der Waals surface area contributed by atoms with Crippen molar-refractivity contribution in [3.05, 3.63) is 63.0 Å². The number of nitrogens with zero attached hydrogens (tertiary/aromatic N) is 4. The Bertz CT molecular complexity index is 1230. The Kier molecular flexibility index (Phi) is 5.49. The molecule has 3 aromatic rings. The van der Waals surface area contributed by atoms with Gasteiger partial charge in [0.2, 0.25) is 0 Å². The monoisotopic (exact) mass is 473 g/mol. The standard InChI is InChI=1S/C28H35N5S/c1-5-23-26-32-31-19(4)33(26)27-24(17(2)18(3)34-27)25(30-23)22-8-6-20(7-9-22)21-10-12-28(13-11-21)14-15-29-16-28/h6-9,21,23,29H,5,10-16H2,1-4H3. The number of aryl methyl sites for hydroxylation is 2. The second kappa shape index (κ2) is 8.42. The fourth-order valence-electron chi connectivity index (χ4n) is 6.36. The molecule has 3 aliphatic rings. The Morgan fingerprint density at radius 2 is 1.82 bits per heavy atom. The Morgan fingerprint density at radius 1 is 1.06 bits per heavy atom. The largest absolute Gasteiger partial charge is 0.316 e. The molecule has 0 bridgehead atoms. The Balaban J connectivity index is 1.35. The minimum atomic E-state index is 0.0183. The van der Waals surface area contributed by atoms with Crippen LogP contribution in [-0.2, 0) is 0 Å². The molecule has 1 saturated heterocycles. The molecule has 178 valence electrons. The molecule has 34 heavy (non-hydrogen) atoms. The van der Waals surface area contributed by atoms with Crippen LogP contribution < -0.4 is 5.32 Å². The second-order valence-electron chi connectivity index (χ2n) is 10.6. The fraction of sp³-hybridized carbons (Fsp3) is 0.536. The van der Waals surface area contributed by atoms with Crippen LogP contribution in [0.3, 0.4) is 0 Å². The third kappa shape index (κ3) is 3.49. The van der Waals surface area contributed by atoms with Gasteiger partial charge in [-0.1, -0.05) is 31.2 Å². The summed E-state index contributed by atoms with van der Waals surface area (Å²) in [6.45, 7) is 11.1. The molecule has 1 atom stereocenters. The number of hydrogen-bond donors (Lipinski definition) is 1. The molecule has 5 nitrogen and oxygen atoms in total. The summed E-state index contributed by atoms with van der Waals surface area (Å²) < 4.78 is 2.24. The van der Waals surface area contributed by atoms with Crippen molar-refractivity contribution in [2.24, 2.45) is 10.4 Å². The topological polar surface area (TPSA) is 55.1 Å². The molecule has 6 rings (SSSR count). The van der Waals surface area contributed by atoms with E-state index in [9.17, 15) is 0 Å². The van der Waals surface area contributed by atoms with Gasteiger partial charge in [0.05, 0.1) is 5.71 Å². The Hall–Kier alpha value is -2.31. The lowest BCUT2D eigenvalue weighted by molar-refractivity contribution is 0.199. The normalized spacial score (nSPS) is 26.3. The van der Waals surface area contributed by atoms with E-state index >= 15 is 0 Å². The first-order valence-electron chi connectivity index (χ1n) is 12.9. The highest BCUT2D eigenvalue weighted by Gasteiger charge is 2.38. The highest BCUT2D eigenvalue weighted by molar-refractivity contribution is 7.15. The maximum absolute atomic E-state index is 5.32. The van der Waals surface area contributed by atoms with Gasteiger partial charge in [-0.3, -0.25) is 9.56 Å². The summed E-state index contributed by atoms with van der Waals surface area (Å²) in [5.41, 5.74) is 6.98. The van der Waals surface area contributed by atoms with Crippen LogP contribution in [0.4, 0.5) is 0 Å². The van der Waals surface area contributed by atoms with Gasteiger partial charge in [-0.15, -0.1) is 21.5 Å². The summed E-state index contributed by atoms with van der Waals surface area (Å²) in [6.07, 6.45) is 7.65. The van der Waals surface area contributed by atoms with Crippen molar-refractivity contribution >= 4 is 17.0 Å². The summed E-state index contributed by atoms with van der Waals surface area (Å²) in [7, 11) is 0. The average Bonchev–Trinajstić information content (AvgIpc) is 3.52. The molecule has 2 aromatic heterocycles. The van der Waals surface area contributed by atoms with Gasteiger partial charge < -0.3 is 5.32 Å². The van der Waals surface area contributed by atoms with E-state index in [4.69, 9.17) is 4.99 Å². The van der Waals surface area contributed by atoms with Crippen molar-refractivity contribution in [1.82, 2.24) is 20.1 Å². The lowest BCUT2D eigenvalue weighted by Gasteiger charge is -2.37. The minimum absolute atomic E-state index is 0.0183. The maximum atomic E-state index is 5.32. The van der Waals surface area contributed by atoms with Crippen LogP contribution in [0.1, 0.15) is 96.2 Å². The van der Waals surface area contributed by atoms with Crippen LogP contribution >= 0.6 is 11.3 Å². The van der Waals surface area contributed by atoms with Crippen molar-refractivity contribution in [2.75, 3.05) is 13.1 Å². The fourth-order valence-corrected chi connectivity index (χ4v) is 7.57. The third-order valence-corrected chi connectivity index (χ3v) is 9.85. The number of rotatable bonds is 3. The third-order valence-electron chi connectivity index (χ3n) is 8.66. The second-order valence-corrected chi connectivity index (χ2v) is 11.8. The molecular formula is C28H35N5S. The highest BCUT2D eigenvalue weighted by atomic mass is 32.1. The molecule has 0 amide bonds. The van der Waals surface area contributed by atoms with Crippen LogP contribution in [0.25, 0.3) is 5.00 Å². The first-order valence-corrected chi connectivity index (χ1v) is 13.7. The van der Waals surface area contributed by atoms with E-state index < -0.39 is 0 Å². The number of benzene rings is 1. The molecule has 1 aromatic carbocycles. The van der Waals surface area contributed by atoms with E-state index in [-0.39, 0.29) is 6.04 Å². The summed E-state index contributed by atoms with van der Waals surface area (Å²) in [4.78, 5) is 6.65. The maximum Gasteiger partial charge on any atom is 0.163 e. The Labute approximate surface area is 206 Å². The molecule has 1 spiro atoms. The van der Waals surface area contributed by atoms with Gasteiger partial charge in [-0.25, -0.2) is 0 Å². The van der Waals surface area contributed by atoms with Crippen molar-refractivity contribution < 1.29 is 0 Å². The summed E-state index contributed by atoms with van der Waals surface area (Å²) in [6, 6.07) is 9.40. The zero-order chi connectivity index (χ0) is 23.4. The molecule has 0 radical (unpaired) electrons.